The van der Waals surface area contributed by atoms with Crippen LogP contribution in [0.15, 0.2) is 29.3 Å². The molecule has 0 unspecified atom stereocenters. The first kappa shape index (κ1) is 13.1. The molecule has 0 bridgehead atoms. The molecular formula is C15H19N3O2. The van der Waals surface area contributed by atoms with E-state index in [2.05, 4.69) is 9.88 Å². The lowest BCUT2D eigenvalue weighted by Crippen LogP contribution is -2.29. The Morgan fingerprint density at radius 2 is 2.05 bits per heavy atom. The molecule has 1 saturated heterocycles. The van der Waals surface area contributed by atoms with Gasteiger partial charge in [0, 0.05) is 13.1 Å². The number of fused-ring (bicyclic) bond motifs is 1. The van der Waals surface area contributed by atoms with Gasteiger partial charge in [0.15, 0.2) is 0 Å². The van der Waals surface area contributed by atoms with Crippen LogP contribution in [0, 0.1) is 0 Å². The third-order valence-corrected chi connectivity index (χ3v) is 3.89. The Hall–Kier alpha value is -1.88. The maximum atomic E-state index is 12.5. The zero-order chi connectivity index (χ0) is 13.9. The van der Waals surface area contributed by atoms with Crippen LogP contribution in [0.2, 0.25) is 0 Å². The summed E-state index contributed by atoms with van der Waals surface area (Å²) in [5, 5.41) is 0.619. The van der Waals surface area contributed by atoms with Gasteiger partial charge in [-0.15, -0.1) is 0 Å². The molecule has 2 heterocycles. The van der Waals surface area contributed by atoms with E-state index in [1.807, 2.05) is 12.1 Å². The Balaban J connectivity index is 1.89. The Bertz CT molecular complexity index is 660. The lowest BCUT2D eigenvalue weighted by Gasteiger charge is -2.15. The minimum atomic E-state index is 0.00750. The molecule has 1 fully saturated rings. The number of hydrogen-bond donors (Lipinski definition) is 0. The molecule has 0 N–H and O–H groups in total. The van der Waals surface area contributed by atoms with Crippen molar-refractivity contribution in [2.75, 3.05) is 26.7 Å². The van der Waals surface area contributed by atoms with Gasteiger partial charge in [0.1, 0.15) is 11.3 Å². The number of hydrogen-bond acceptors (Lipinski definition) is 4. The maximum Gasteiger partial charge on any atom is 0.261 e. The van der Waals surface area contributed by atoms with Crippen LogP contribution >= 0.6 is 0 Å². The molecule has 20 heavy (non-hydrogen) atoms. The average molecular weight is 273 g/mol. The molecule has 0 radical (unpaired) electrons. The molecule has 0 spiro atoms. The van der Waals surface area contributed by atoms with Gasteiger partial charge in [-0.05, 0) is 38.1 Å². The quantitative estimate of drug-likeness (QED) is 0.847. The fourth-order valence-corrected chi connectivity index (χ4v) is 2.74. The van der Waals surface area contributed by atoms with Gasteiger partial charge >= 0.3 is 0 Å². The zero-order valence-corrected chi connectivity index (χ0v) is 11.7. The van der Waals surface area contributed by atoms with Crippen LogP contribution in [0.5, 0.6) is 5.75 Å². The largest absolute Gasteiger partial charge is 0.494 e. The average Bonchev–Trinajstić information content (AvgIpc) is 2.99. The second kappa shape index (κ2) is 5.63. The van der Waals surface area contributed by atoms with Gasteiger partial charge in [-0.1, -0.05) is 6.07 Å². The van der Waals surface area contributed by atoms with E-state index in [-0.39, 0.29) is 5.56 Å². The Morgan fingerprint density at radius 1 is 1.25 bits per heavy atom. The molecule has 1 aliphatic rings. The highest BCUT2D eigenvalue weighted by Gasteiger charge is 2.12. The highest BCUT2D eigenvalue weighted by atomic mass is 16.5. The van der Waals surface area contributed by atoms with Gasteiger partial charge in [-0.3, -0.25) is 9.36 Å². The highest BCUT2D eigenvalue weighted by molar-refractivity contribution is 5.83. The monoisotopic (exact) mass is 273 g/mol. The predicted molar refractivity (Wildman–Crippen MR) is 78.2 cm³/mol. The summed E-state index contributed by atoms with van der Waals surface area (Å²) in [6, 6.07) is 5.46. The molecule has 3 rings (SSSR count). The number of ether oxygens (including phenoxy) is 1. The minimum absolute atomic E-state index is 0.00750. The summed E-state index contributed by atoms with van der Waals surface area (Å²) in [7, 11) is 1.59. The molecule has 0 saturated carbocycles. The summed E-state index contributed by atoms with van der Waals surface area (Å²) in [4.78, 5) is 19.2. The van der Waals surface area contributed by atoms with Gasteiger partial charge in [-0.2, -0.15) is 0 Å². The fraction of sp³-hybridized carbons (Fsp3) is 0.467. The van der Waals surface area contributed by atoms with E-state index < -0.39 is 0 Å². The molecule has 1 aliphatic heterocycles. The van der Waals surface area contributed by atoms with Crippen molar-refractivity contribution in [1.29, 1.82) is 0 Å². The first-order chi connectivity index (χ1) is 9.79. The Kier molecular flexibility index (Phi) is 3.69. The van der Waals surface area contributed by atoms with Crippen LogP contribution in [0.1, 0.15) is 12.8 Å². The second-order valence-corrected chi connectivity index (χ2v) is 5.15. The third kappa shape index (κ3) is 2.41. The van der Waals surface area contributed by atoms with Crippen molar-refractivity contribution in [2.24, 2.45) is 0 Å². The first-order valence-electron chi connectivity index (χ1n) is 7.04. The smallest absolute Gasteiger partial charge is 0.261 e. The summed E-state index contributed by atoms with van der Waals surface area (Å²) in [6.45, 7) is 3.89. The van der Waals surface area contributed by atoms with Gasteiger partial charge < -0.3 is 9.64 Å². The van der Waals surface area contributed by atoms with Gasteiger partial charge in [-0.25, -0.2) is 4.98 Å². The van der Waals surface area contributed by atoms with Crippen molar-refractivity contribution < 1.29 is 4.74 Å². The summed E-state index contributed by atoms with van der Waals surface area (Å²) in [5.41, 5.74) is 0.644. The minimum Gasteiger partial charge on any atom is -0.494 e. The van der Waals surface area contributed by atoms with Crippen molar-refractivity contribution in [3.05, 3.63) is 34.9 Å². The number of methoxy groups -OCH3 is 1. The Morgan fingerprint density at radius 3 is 2.80 bits per heavy atom. The summed E-state index contributed by atoms with van der Waals surface area (Å²) >= 11 is 0. The van der Waals surface area contributed by atoms with E-state index in [0.29, 0.717) is 23.2 Å². The van der Waals surface area contributed by atoms with Crippen LogP contribution < -0.4 is 10.3 Å². The molecule has 1 aromatic heterocycles. The Labute approximate surface area is 117 Å². The van der Waals surface area contributed by atoms with Gasteiger partial charge in [0.05, 0.1) is 18.8 Å². The number of aromatic nitrogens is 2. The van der Waals surface area contributed by atoms with Crippen LogP contribution in [0.25, 0.3) is 10.9 Å². The van der Waals surface area contributed by atoms with Crippen molar-refractivity contribution in [3.63, 3.8) is 0 Å². The fourth-order valence-electron chi connectivity index (χ4n) is 2.74. The van der Waals surface area contributed by atoms with Gasteiger partial charge in [0.2, 0.25) is 0 Å². The van der Waals surface area contributed by atoms with Crippen molar-refractivity contribution in [3.8, 4) is 5.75 Å². The zero-order valence-electron chi connectivity index (χ0n) is 11.7. The van der Waals surface area contributed by atoms with E-state index in [0.717, 1.165) is 19.6 Å². The standard InChI is InChI=1S/C15H19N3O2/c1-20-13-6-4-5-12-14(13)16-11-18(15(12)19)10-9-17-7-2-3-8-17/h4-6,11H,2-3,7-10H2,1H3. The van der Waals surface area contributed by atoms with Crippen LogP contribution in [-0.4, -0.2) is 41.2 Å². The van der Waals surface area contributed by atoms with Gasteiger partial charge in [0.25, 0.3) is 5.56 Å². The van der Waals surface area contributed by atoms with E-state index in [9.17, 15) is 4.79 Å². The summed E-state index contributed by atoms with van der Waals surface area (Å²) in [5.74, 6) is 0.645. The lowest BCUT2D eigenvalue weighted by atomic mass is 10.2. The normalized spacial score (nSPS) is 15.8. The topological polar surface area (TPSA) is 47.4 Å². The molecule has 106 valence electrons. The molecule has 0 aliphatic carbocycles. The van der Waals surface area contributed by atoms with Crippen molar-refractivity contribution in [1.82, 2.24) is 14.5 Å². The second-order valence-electron chi connectivity index (χ2n) is 5.15. The predicted octanol–water partition coefficient (Wildman–Crippen LogP) is 1.50. The molecule has 5 heteroatoms. The van der Waals surface area contributed by atoms with E-state index >= 15 is 0 Å². The van der Waals surface area contributed by atoms with E-state index in [4.69, 9.17) is 4.74 Å². The number of benzene rings is 1. The molecule has 2 aromatic rings. The van der Waals surface area contributed by atoms with Crippen LogP contribution in [0.3, 0.4) is 0 Å². The number of para-hydroxylation sites is 1. The van der Waals surface area contributed by atoms with Crippen LogP contribution in [-0.2, 0) is 6.54 Å². The SMILES string of the molecule is COc1cccc2c(=O)n(CCN3CCCC3)cnc12. The maximum absolute atomic E-state index is 12.5. The molecule has 0 atom stereocenters. The third-order valence-electron chi connectivity index (χ3n) is 3.89. The number of likely N-dealkylation sites (tertiary alicyclic amines) is 1. The van der Waals surface area contributed by atoms with Crippen molar-refractivity contribution >= 4 is 10.9 Å². The molecular weight excluding hydrogens is 254 g/mol. The first-order valence-corrected chi connectivity index (χ1v) is 7.04. The highest BCUT2D eigenvalue weighted by Crippen LogP contribution is 2.20. The number of rotatable bonds is 4. The van der Waals surface area contributed by atoms with E-state index in [1.54, 1.807) is 24.1 Å². The summed E-state index contributed by atoms with van der Waals surface area (Å²) in [6.07, 6.45) is 4.16. The molecule has 0 amide bonds. The molecule has 5 nitrogen and oxygen atoms in total. The summed E-state index contributed by atoms with van der Waals surface area (Å²) < 4.78 is 6.94. The molecule has 1 aromatic carbocycles. The number of nitrogens with zero attached hydrogens (tertiary/aromatic N) is 3. The van der Waals surface area contributed by atoms with Crippen molar-refractivity contribution in [2.45, 2.75) is 19.4 Å². The van der Waals surface area contributed by atoms with Crippen LogP contribution in [0.4, 0.5) is 0 Å². The van der Waals surface area contributed by atoms with E-state index in [1.165, 1.54) is 12.8 Å². The lowest BCUT2D eigenvalue weighted by molar-refractivity contribution is 0.320.